The molecule has 0 bridgehead atoms. The maximum absolute atomic E-state index is 3.55. The lowest BCUT2D eigenvalue weighted by atomic mass is 9.94. The number of nitrogens with zero attached hydrogens (tertiary/aromatic N) is 2. The molecule has 0 radical (unpaired) electrons. The average molecular weight is 225 g/mol. The molecule has 2 unspecified atom stereocenters. The Morgan fingerprint density at radius 3 is 2.62 bits per heavy atom. The van der Waals surface area contributed by atoms with E-state index < -0.39 is 0 Å². The van der Waals surface area contributed by atoms with E-state index in [1.807, 2.05) is 0 Å². The molecule has 0 aromatic heterocycles. The Balaban J connectivity index is 2.00. The second-order valence-corrected chi connectivity index (χ2v) is 6.10. The topological polar surface area (TPSA) is 18.5 Å². The molecule has 3 nitrogen and oxygen atoms in total. The molecule has 2 atom stereocenters. The molecular formula is C13H27N3. The van der Waals surface area contributed by atoms with Gasteiger partial charge in [0.05, 0.1) is 0 Å². The first-order chi connectivity index (χ1) is 7.54. The predicted octanol–water partition coefficient (Wildman–Crippen LogP) is 1.01. The molecule has 2 aliphatic rings. The Hall–Kier alpha value is -0.120. The lowest BCUT2D eigenvalue weighted by molar-refractivity contribution is 0.0110. The first kappa shape index (κ1) is 12.3. The van der Waals surface area contributed by atoms with E-state index >= 15 is 0 Å². The molecule has 0 amide bonds. The molecular weight excluding hydrogens is 198 g/mol. The highest BCUT2D eigenvalue weighted by Gasteiger charge is 2.38. The molecule has 16 heavy (non-hydrogen) atoms. The molecule has 0 aromatic carbocycles. The summed E-state index contributed by atoms with van der Waals surface area (Å²) in [6.07, 6.45) is 1.31. The molecule has 2 rings (SSSR count). The summed E-state index contributed by atoms with van der Waals surface area (Å²) in [5.41, 5.74) is 0.332. The van der Waals surface area contributed by atoms with Crippen LogP contribution in [0.1, 0.15) is 27.2 Å². The van der Waals surface area contributed by atoms with E-state index in [-0.39, 0.29) is 0 Å². The highest BCUT2D eigenvalue weighted by molar-refractivity contribution is 4.95. The number of hydrogen-bond acceptors (Lipinski definition) is 3. The second-order valence-electron chi connectivity index (χ2n) is 6.10. The van der Waals surface area contributed by atoms with E-state index in [1.54, 1.807) is 0 Å². The van der Waals surface area contributed by atoms with Crippen molar-refractivity contribution in [3.8, 4) is 0 Å². The molecule has 0 spiro atoms. The standard InChI is InChI=1S/C13H27N3/c1-5-11-8-14-9-12(11)16-7-6-15(4)13(2,3)10-16/h11-12,14H,5-10H2,1-4H3. The van der Waals surface area contributed by atoms with Crippen molar-refractivity contribution in [1.29, 1.82) is 0 Å². The van der Waals surface area contributed by atoms with Crippen LogP contribution in [0.25, 0.3) is 0 Å². The summed E-state index contributed by atoms with van der Waals surface area (Å²) in [4.78, 5) is 5.21. The fraction of sp³-hybridized carbons (Fsp3) is 1.00. The van der Waals surface area contributed by atoms with Gasteiger partial charge in [-0.05, 0) is 33.4 Å². The summed E-state index contributed by atoms with van der Waals surface area (Å²) in [5, 5.41) is 3.55. The average Bonchev–Trinajstić information content (AvgIpc) is 2.70. The molecule has 2 fully saturated rings. The van der Waals surface area contributed by atoms with Crippen LogP contribution < -0.4 is 5.32 Å². The third-order valence-electron chi connectivity index (χ3n) is 4.64. The number of nitrogens with one attached hydrogen (secondary N) is 1. The van der Waals surface area contributed by atoms with E-state index in [9.17, 15) is 0 Å². The van der Waals surface area contributed by atoms with Crippen molar-refractivity contribution in [2.45, 2.75) is 38.8 Å². The van der Waals surface area contributed by atoms with Crippen LogP contribution in [-0.2, 0) is 0 Å². The van der Waals surface area contributed by atoms with Gasteiger partial charge in [-0.1, -0.05) is 13.3 Å². The molecule has 2 saturated heterocycles. The molecule has 0 aliphatic carbocycles. The Morgan fingerprint density at radius 2 is 2.00 bits per heavy atom. The Morgan fingerprint density at radius 1 is 1.25 bits per heavy atom. The van der Waals surface area contributed by atoms with Crippen LogP contribution in [0.5, 0.6) is 0 Å². The van der Waals surface area contributed by atoms with Crippen LogP contribution in [0, 0.1) is 5.92 Å². The number of likely N-dealkylation sites (N-methyl/N-ethyl adjacent to an activating group) is 1. The van der Waals surface area contributed by atoms with E-state index in [2.05, 4.69) is 42.9 Å². The predicted molar refractivity (Wildman–Crippen MR) is 68.7 cm³/mol. The third kappa shape index (κ3) is 2.27. The van der Waals surface area contributed by atoms with Crippen molar-refractivity contribution < 1.29 is 0 Å². The van der Waals surface area contributed by atoms with E-state index in [1.165, 1.54) is 39.1 Å². The molecule has 0 aromatic rings. The van der Waals surface area contributed by atoms with Gasteiger partial charge in [-0.2, -0.15) is 0 Å². The molecule has 0 saturated carbocycles. The number of piperazine rings is 1. The van der Waals surface area contributed by atoms with Crippen molar-refractivity contribution in [2.24, 2.45) is 5.92 Å². The lowest BCUT2D eigenvalue weighted by Crippen LogP contribution is -2.60. The van der Waals surface area contributed by atoms with Crippen molar-refractivity contribution >= 4 is 0 Å². The van der Waals surface area contributed by atoms with E-state index in [0.29, 0.717) is 5.54 Å². The van der Waals surface area contributed by atoms with Crippen molar-refractivity contribution in [2.75, 3.05) is 39.8 Å². The van der Waals surface area contributed by atoms with E-state index in [4.69, 9.17) is 0 Å². The Bertz CT molecular complexity index is 239. The van der Waals surface area contributed by atoms with Crippen molar-refractivity contribution in [3.63, 3.8) is 0 Å². The van der Waals surface area contributed by atoms with E-state index in [0.717, 1.165) is 12.0 Å². The quantitative estimate of drug-likeness (QED) is 0.757. The molecule has 2 heterocycles. The summed E-state index contributed by atoms with van der Waals surface area (Å²) in [6.45, 7) is 13.1. The van der Waals surface area contributed by atoms with Gasteiger partial charge in [0.25, 0.3) is 0 Å². The minimum atomic E-state index is 0.332. The first-order valence-electron chi connectivity index (χ1n) is 6.70. The van der Waals surface area contributed by atoms with Crippen LogP contribution in [0.4, 0.5) is 0 Å². The van der Waals surface area contributed by atoms with Crippen LogP contribution in [0.2, 0.25) is 0 Å². The summed E-state index contributed by atoms with van der Waals surface area (Å²) in [6, 6.07) is 0.776. The van der Waals surface area contributed by atoms with Gasteiger partial charge in [-0.25, -0.2) is 0 Å². The van der Waals surface area contributed by atoms with Gasteiger partial charge < -0.3 is 5.32 Å². The van der Waals surface area contributed by atoms with Gasteiger partial charge in [-0.3, -0.25) is 9.80 Å². The van der Waals surface area contributed by atoms with Crippen LogP contribution in [-0.4, -0.2) is 61.2 Å². The van der Waals surface area contributed by atoms with Crippen LogP contribution in [0.15, 0.2) is 0 Å². The smallest absolute Gasteiger partial charge is 0.0277 e. The maximum atomic E-state index is 3.55. The van der Waals surface area contributed by atoms with Gasteiger partial charge in [0.2, 0.25) is 0 Å². The summed E-state index contributed by atoms with van der Waals surface area (Å²) in [7, 11) is 2.25. The van der Waals surface area contributed by atoms with Gasteiger partial charge in [0, 0.05) is 37.8 Å². The minimum absolute atomic E-state index is 0.332. The van der Waals surface area contributed by atoms with Crippen molar-refractivity contribution in [3.05, 3.63) is 0 Å². The monoisotopic (exact) mass is 225 g/mol. The molecule has 3 heteroatoms. The summed E-state index contributed by atoms with van der Waals surface area (Å²) >= 11 is 0. The SMILES string of the molecule is CCC1CNCC1N1CCN(C)C(C)(C)C1. The molecule has 2 aliphatic heterocycles. The lowest BCUT2D eigenvalue weighted by Gasteiger charge is -2.48. The van der Waals surface area contributed by atoms with Gasteiger partial charge in [0.15, 0.2) is 0 Å². The number of hydrogen-bond donors (Lipinski definition) is 1. The zero-order chi connectivity index (χ0) is 11.8. The van der Waals surface area contributed by atoms with Crippen LogP contribution in [0.3, 0.4) is 0 Å². The molecule has 94 valence electrons. The molecule has 1 N–H and O–H groups in total. The maximum Gasteiger partial charge on any atom is 0.0277 e. The summed E-state index contributed by atoms with van der Waals surface area (Å²) < 4.78 is 0. The summed E-state index contributed by atoms with van der Waals surface area (Å²) in [5.74, 6) is 0.860. The van der Waals surface area contributed by atoms with Gasteiger partial charge in [-0.15, -0.1) is 0 Å². The Kier molecular flexibility index (Phi) is 3.57. The fourth-order valence-corrected chi connectivity index (χ4v) is 3.12. The first-order valence-corrected chi connectivity index (χ1v) is 6.70. The second kappa shape index (κ2) is 4.63. The minimum Gasteiger partial charge on any atom is -0.315 e. The third-order valence-corrected chi connectivity index (χ3v) is 4.64. The highest BCUT2D eigenvalue weighted by atomic mass is 15.3. The highest BCUT2D eigenvalue weighted by Crippen LogP contribution is 2.25. The van der Waals surface area contributed by atoms with Crippen molar-refractivity contribution in [1.82, 2.24) is 15.1 Å². The largest absolute Gasteiger partial charge is 0.315 e. The normalized spacial score (nSPS) is 36.8. The van der Waals surface area contributed by atoms with Crippen LogP contribution >= 0.6 is 0 Å². The van der Waals surface area contributed by atoms with Gasteiger partial charge >= 0.3 is 0 Å². The van der Waals surface area contributed by atoms with Gasteiger partial charge in [0.1, 0.15) is 0 Å². The fourth-order valence-electron chi connectivity index (χ4n) is 3.12. The zero-order valence-electron chi connectivity index (χ0n) is 11.3. The number of rotatable bonds is 2. The zero-order valence-corrected chi connectivity index (χ0v) is 11.3. The Labute approximate surface area is 100 Å².